The van der Waals surface area contributed by atoms with Crippen LogP contribution in [0.1, 0.15) is 30.6 Å². The van der Waals surface area contributed by atoms with Gasteiger partial charge in [-0.25, -0.2) is 0 Å². The molecule has 0 saturated carbocycles. The molecular weight excluding hydrogens is 290 g/mol. The summed E-state index contributed by atoms with van der Waals surface area (Å²) in [6.45, 7) is 3.98. The molecule has 0 aliphatic rings. The Morgan fingerprint density at radius 2 is 1.65 bits per heavy atom. The van der Waals surface area contributed by atoms with E-state index >= 15 is 0 Å². The van der Waals surface area contributed by atoms with E-state index in [2.05, 4.69) is 5.32 Å². The fourth-order valence-electron chi connectivity index (χ4n) is 2.07. The van der Waals surface area contributed by atoms with Gasteiger partial charge in [-0.3, -0.25) is 9.59 Å². The van der Waals surface area contributed by atoms with Crippen molar-refractivity contribution in [3.05, 3.63) is 60.2 Å². The maximum Gasteiger partial charge on any atom is 0.224 e. The summed E-state index contributed by atoms with van der Waals surface area (Å²) in [4.78, 5) is 23.8. The molecule has 0 unspecified atom stereocenters. The van der Waals surface area contributed by atoms with E-state index in [9.17, 15) is 9.59 Å². The first kappa shape index (κ1) is 16.7. The Bertz CT molecular complexity index is 648. The summed E-state index contributed by atoms with van der Waals surface area (Å²) >= 11 is 0. The summed E-state index contributed by atoms with van der Waals surface area (Å²) < 4.78 is 5.44. The highest BCUT2D eigenvalue weighted by Gasteiger charge is 2.08. The molecule has 0 spiro atoms. The van der Waals surface area contributed by atoms with Crippen LogP contribution in [0.15, 0.2) is 54.6 Å². The van der Waals surface area contributed by atoms with Crippen molar-refractivity contribution in [2.24, 2.45) is 5.92 Å². The van der Waals surface area contributed by atoms with Crippen molar-refractivity contribution in [1.29, 1.82) is 0 Å². The highest BCUT2D eigenvalue weighted by Crippen LogP contribution is 2.13. The minimum atomic E-state index is -0.103. The van der Waals surface area contributed by atoms with E-state index in [1.165, 1.54) is 0 Å². The maximum absolute atomic E-state index is 12.1. The van der Waals surface area contributed by atoms with Gasteiger partial charge >= 0.3 is 0 Å². The number of carbonyl (C=O) groups is 2. The first-order valence-corrected chi connectivity index (χ1v) is 7.65. The van der Waals surface area contributed by atoms with E-state index in [1.54, 1.807) is 36.4 Å². The molecule has 4 heteroatoms. The minimum Gasteiger partial charge on any atom is -0.485 e. The molecule has 0 heterocycles. The van der Waals surface area contributed by atoms with E-state index in [-0.39, 0.29) is 18.3 Å². The third kappa shape index (κ3) is 5.58. The van der Waals surface area contributed by atoms with Crippen molar-refractivity contribution in [3.63, 3.8) is 0 Å². The Morgan fingerprint density at radius 1 is 1.00 bits per heavy atom. The van der Waals surface area contributed by atoms with Gasteiger partial charge in [-0.1, -0.05) is 32.0 Å². The van der Waals surface area contributed by atoms with E-state index in [1.807, 2.05) is 32.0 Å². The third-order valence-electron chi connectivity index (χ3n) is 3.20. The van der Waals surface area contributed by atoms with Crippen LogP contribution in [0.25, 0.3) is 0 Å². The smallest absolute Gasteiger partial charge is 0.224 e. The molecule has 0 fully saturated rings. The van der Waals surface area contributed by atoms with Crippen LogP contribution in [0.2, 0.25) is 0 Å². The summed E-state index contributed by atoms with van der Waals surface area (Å²) in [7, 11) is 0. The molecule has 2 rings (SSSR count). The number of hydrogen-bond acceptors (Lipinski definition) is 3. The topological polar surface area (TPSA) is 55.4 Å². The molecule has 0 aliphatic carbocycles. The molecule has 0 aromatic heterocycles. The minimum absolute atomic E-state index is 0.0108. The van der Waals surface area contributed by atoms with Crippen molar-refractivity contribution >= 4 is 17.4 Å². The fourth-order valence-corrected chi connectivity index (χ4v) is 2.07. The lowest BCUT2D eigenvalue weighted by Crippen LogP contribution is -2.14. The quantitative estimate of drug-likeness (QED) is 0.788. The zero-order valence-electron chi connectivity index (χ0n) is 13.4. The van der Waals surface area contributed by atoms with Crippen LogP contribution in [0.5, 0.6) is 5.75 Å². The van der Waals surface area contributed by atoms with Crippen LogP contribution >= 0.6 is 0 Å². The predicted molar refractivity (Wildman–Crippen MR) is 90.8 cm³/mol. The van der Waals surface area contributed by atoms with Crippen molar-refractivity contribution in [3.8, 4) is 5.75 Å². The van der Waals surface area contributed by atoms with Gasteiger partial charge in [0, 0.05) is 17.7 Å². The Hall–Kier alpha value is -2.62. The molecule has 1 N–H and O–H groups in total. The number of anilines is 1. The number of benzene rings is 2. The standard InChI is InChI=1S/C19H21NO3/c1-14(2)12-19(22)20-16-10-8-15(9-11-16)18(21)13-23-17-6-4-3-5-7-17/h3-11,14H,12-13H2,1-2H3,(H,20,22). The molecule has 0 aliphatic heterocycles. The van der Waals surface area contributed by atoms with Crippen LogP contribution in [-0.4, -0.2) is 18.3 Å². The number of para-hydroxylation sites is 1. The average Bonchev–Trinajstić information content (AvgIpc) is 2.53. The SMILES string of the molecule is CC(C)CC(=O)Nc1ccc(C(=O)COc2ccccc2)cc1. The van der Waals surface area contributed by atoms with Crippen LogP contribution in [0.4, 0.5) is 5.69 Å². The van der Waals surface area contributed by atoms with Crippen LogP contribution in [-0.2, 0) is 4.79 Å². The van der Waals surface area contributed by atoms with E-state index < -0.39 is 0 Å². The summed E-state index contributed by atoms with van der Waals surface area (Å²) in [5, 5.41) is 2.82. The zero-order chi connectivity index (χ0) is 16.7. The Morgan fingerprint density at radius 3 is 2.26 bits per heavy atom. The lowest BCUT2D eigenvalue weighted by atomic mass is 10.1. The van der Waals surface area contributed by atoms with Crippen molar-refractivity contribution in [2.75, 3.05) is 11.9 Å². The number of rotatable bonds is 7. The fraction of sp³-hybridized carbons (Fsp3) is 0.263. The van der Waals surface area contributed by atoms with Gasteiger partial charge in [-0.2, -0.15) is 0 Å². The number of carbonyl (C=O) groups excluding carboxylic acids is 2. The number of nitrogens with one attached hydrogen (secondary N) is 1. The second kappa shape index (κ2) is 8.13. The van der Waals surface area contributed by atoms with Crippen LogP contribution in [0.3, 0.4) is 0 Å². The molecule has 120 valence electrons. The monoisotopic (exact) mass is 311 g/mol. The highest BCUT2D eigenvalue weighted by atomic mass is 16.5. The van der Waals surface area contributed by atoms with Gasteiger partial charge in [0.05, 0.1) is 0 Å². The predicted octanol–water partition coefficient (Wildman–Crippen LogP) is 3.93. The number of Topliss-reactive ketones (excluding diaryl/α,β-unsaturated/α-hetero) is 1. The van der Waals surface area contributed by atoms with E-state index in [4.69, 9.17) is 4.74 Å². The molecule has 0 atom stereocenters. The van der Waals surface area contributed by atoms with Gasteiger partial charge in [0.25, 0.3) is 0 Å². The van der Waals surface area contributed by atoms with Crippen LogP contribution in [0, 0.1) is 5.92 Å². The van der Waals surface area contributed by atoms with Gasteiger partial charge < -0.3 is 10.1 Å². The van der Waals surface area contributed by atoms with Crippen molar-refractivity contribution in [2.45, 2.75) is 20.3 Å². The normalized spacial score (nSPS) is 10.4. The average molecular weight is 311 g/mol. The van der Waals surface area contributed by atoms with Gasteiger partial charge in [0.2, 0.25) is 5.91 Å². The van der Waals surface area contributed by atoms with Crippen LogP contribution < -0.4 is 10.1 Å². The first-order chi connectivity index (χ1) is 11.0. The lowest BCUT2D eigenvalue weighted by Gasteiger charge is -2.08. The largest absolute Gasteiger partial charge is 0.485 e. The molecular formula is C19H21NO3. The second-order valence-corrected chi connectivity index (χ2v) is 5.75. The zero-order valence-corrected chi connectivity index (χ0v) is 13.4. The van der Waals surface area contributed by atoms with Gasteiger partial charge in [0.15, 0.2) is 12.4 Å². The van der Waals surface area contributed by atoms with E-state index in [0.717, 1.165) is 0 Å². The highest BCUT2D eigenvalue weighted by molar-refractivity contribution is 5.98. The molecule has 4 nitrogen and oxygen atoms in total. The molecule has 0 radical (unpaired) electrons. The molecule has 2 aromatic rings. The Balaban J connectivity index is 1.88. The molecule has 1 amide bonds. The molecule has 0 bridgehead atoms. The number of hydrogen-bond donors (Lipinski definition) is 1. The number of ketones is 1. The van der Waals surface area contributed by atoms with Crippen molar-refractivity contribution < 1.29 is 14.3 Å². The Labute approximate surface area is 136 Å². The summed E-state index contributed by atoms with van der Waals surface area (Å²) in [6.07, 6.45) is 0.478. The first-order valence-electron chi connectivity index (χ1n) is 7.65. The number of amides is 1. The maximum atomic E-state index is 12.1. The van der Waals surface area contributed by atoms with Gasteiger partial charge in [-0.15, -0.1) is 0 Å². The summed E-state index contributed by atoms with van der Waals surface area (Å²) in [6, 6.07) is 16.1. The van der Waals surface area contributed by atoms with Gasteiger partial charge in [0.1, 0.15) is 5.75 Å². The third-order valence-corrected chi connectivity index (χ3v) is 3.20. The summed E-state index contributed by atoms with van der Waals surface area (Å²) in [5.74, 6) is 0.852. The molecule has 23 heavy (non-hydrogen) atoms. The van der Waals surface area contributed by atoms with Gasteiger partial charge in [-0.05, 0) is 42.3 Å². The van der Waals surface area contributed by atoms with E-state index in [0.29, 0.717) is 29.3 Å². The van der Waals surface area contributed by atoms with Crippen molar-refractivity contribution in [1.82, 2.24) is 0 Å². The lowest BCUT2D eigenvalue weighted by molar-refractivity contribution is -0.116. The second-order valence-electron chi connectivity index (χ2n) is 5.75. The number of ether oxygens (including phenoxy) is 1. The summed E-state index contributed by atoms with van der Waals surface area (Å²) in [5.41, 5.74) is 1.25. The Kier molecular flexibility index (Phi) is 5.92. The molecule has 0 saturated heterocycles. The molecule has 2 aromatic carbocycles.